The lowest BCUT2D eigenvalue weighted by molar-refractivity contribution is -0.147. The molecule has 4 rings (SSSR count). The molecule has 0 radical (unpaired) electrons. The van der Waals surface area contributed by atoms with Crippen molar-refractivity contribution >= 4 is 5.69 Å². The first-order valence-electron chi connectivity index (χ1n) is 7.21. The summed E-state index contributed by atoms with van der Waals surface area (Å²) in [5.74, 6) is -0.355. The van der Waals surface area contributed by atoms with Gasteiger partial charge in [0.2, 0.25) is 0 Å². The van der Waals surface area contributed by atoms with Crippen molar-refractivity contribution < 1.29 is 9.47 Å². The number of piperazine rings is 1. The predicted molar refractivity (Wildman–Crippen MR) is 73.6 cm³/mol. The summed E-state index contributed by atoms with van der Waals surface area (Å²) in [5.41, 5.74) is 4.22. The highest BCUT2D eigenvalue weighted by molar-refractivity contribution is 5.59. The van der Waals surface area contributed by atoms with Gasteiger partial charge in [-0.05, 0) is 17.2 Å². The van der Waals surface area contributed by atoms with E-state index in [4.69, 9.17) is 9.47 Å². The Morgan fingerprint density at radius 3 is 2.63 bits per heavy atom. The number of fused-ring (bicyclic) bond motifs is 1. The number of nitrogens with zero attached hydrogens (tertiary/aromatic N) is 1. The van der Waals surface area contributed by atoms with Gasteiger partial charge in [0.1, 0.15) is 0 Å². The molecule has 0 amide bonds. The van der Waals surface area contributed by atoms with E-state index in [1.165, 1.54) is 16.8 Å². The third-order valence-corrected chi connectivity index (χ3v) is 4.43. The van der Waals surface area contributed by atoms with Crippen LogP contribution in [0.2, 0.25) is 0 Å². The first kappa shape index (κ1) is 11.7. The van der Waals surface area contributed by atoms with Crippen molar-refractivity contribution in [1.82, 2.24) is 5.32 Å². The predicted octanol–water partition coefficient (Wildman–Crippen LogP) is 0.938. The van der Waals surface area contributed by atoms with Gasteiger partial charge in [0.05, 0.1) is 13.2 Å². The van der Waals surface area contributed by atoms with Crippen molar-refractivity contribution in [1.29, 1.82) is 0 Å². The van der Waals surface area contributed by atoms with E-state index >= 15 is 0 Å². The van der Waals surface area contributed by atoms with Gasteiger partial charge in [-0.15, -0.1) is 0 Å². The zero-order valence-corrected chi connectivity index (χ0v) is 11.2. The smallest absolute Gasteiger partial charge is 0.176 e. The molecule has 0 atom stereocenters. The van der Waals surface area contributed by atoms with Crippen molar-refractivity contribution in [2.24, 2.45) is 0 Å². The van der Waals surface area contributed by atoms with Crippen LogP contribution in [0.4, 0.5) is 5.69 Å². The first-order chi connectivity index (χ1) is 9.36. The van der Waals surface area contributed by atoms with E-state index in [9.17, 15) is 0 Å². The molecule has 102 valence electrons. The van der Waals surface area contributed by atoms with Crippen LogP contribution in [-0.2, 0) is 22.3 Å². The lowest BCUT2D eigenvalue weighted by atomic mass is 10.1. The maximum absolute atomic E-state index is 5.87. The zero-order chi connectivity index (χ0) is 12.7. The highest BCUT2D eigenvalue weighted by Gasteiger charge is 2.43. The minimum Gasteiger partial charge on any atom is -0.369 e. The quantitative estimate of drug-likeness (QED) is 0.815. The van der Waals surface area contributed by atoms with Crippen LogP contribution in [0, 0.1) is 0 Å². The second-order valence-electron chi connectivity index (χ2n) is 5.61. The number of hydrogen-bond acceptors (Lipinski definition) is 4. The normalized spacial score (nSPS) is 24.9. The average molecular weight is 260 g/mol. The van der Waals surface area contributed by atoms with Gasteiger partial charge in [-0.1, -0.05) is 12.1 Å². The maximum Gasteiger partial charge on any atom is 0.176 e. The second kappa shape index (κ2) is 4.47. The van der Waals surface area contributed by atoms with Crippen LogP contribution in [0.3, 0.4) is 0 Å². The van der Waals surface area contributed by atoms with E-state index in [1.54, 1.807) is 0 Å². The molecule has 3 aliphatic rings. The van der Waals surface area contributed by atoms with Crippen LogP contribution >= 0.6 is 0 Å². The van der Waals surface area contributed by atoms with Crippen LogP contribution in [0.25, 0.3) is 0 Å². The number of nitrogens with one attached hydrogen (secondary N) is 1. The molecule has 2 aliphatic heterocycles. The third kappa shape index (κ3) is 1.95. The SMILES string of the molecule is c1cc2c(c(N3CCNCC3)c1)CC1(C2)OCCO1. The molecular weight excluding hydrogens is 240 g/mol. The minimum atomic E-state index is -0.355. The molecule has 19 heavy (non-hydrogen) atoms. The van der Waals surface area contributed by atoms with E-state index in [0.29, 0.717) is 0 Å². The Morgan fingerprint density at radius 2 is 1.84 bits per heavy atom. The Balaban J connectivity index is 1.66. The Labute approximate surface area is 113 Å². The van der Waals surface area contributed by atoms with E-state index in [0.717, 1.165) is 52.2 Å². The summed E-state index contributed by atoms with van der Waals surface area (Å²) in [6, 6.07) is 6.64. The molecule has 1 aliphatic carbocycles. The van der Waals surface area contributed by atoms with Gasteiger partial charge in [-0.25, -0.2) is 0 Å². The molecule has 0 unspecified atom stereocenters. The first-order valence-corrected chi connectivity index (χ1v) is 7.21. The topological polar surface area (TPSA) is 33.7 Å². The Bertz CT molecular complexity index is 477. The fourth-order valence-corrected chi connectivity index (χ4v) is 3.52. The molecule has 1 N–H and O–H groups in total. The van der Waals surface area contributed by atoms with Crippen molar-refractivity contribution in [3.05, 3.63) is 29.3 Å². The van der Waals surface area contributed by atoms with Crippen LogP contribution < -0.4 is 10.2 Å². The average Bonchev–Trinajstić information content (AvgIpc) is 3.06. The lowest BCUT2D eigenvalue weighted by Gasteiger charge is -2.31. The summed E-state index contributed by atoms with van der Waals surface area (Å²) in [5, 5.41) is 3.41. The molecule has 1 aromatic rings. The highest BCUT2D eigenvalue weighted by atomic mass is 16.7. The third-order valence-electron chi connectivity index (χ3n) is 4.43. The molecule has 2 fully saturated rings. The largest absolute Gasteiger partial charge is 0.369 e. The van der Waals surface area contributed by atoms with Gasteiger partial charge >= 0.3 is 0 Å². The van der Waals surface area contributed by atoms with Crippen LogP contribution in [-0.4, -0.2) is 45.2 Å². The van der Waals surface area contributed by atoms with Gasteiger partial charge in [-0.3, -0.25) is 0 Å². The molecular formula is C15H20N2O2. The summed E-state index contributed by atoms with van der Waals surface area (Å²) in [4.78, 5) is 2.49. The van der Waals surface area contributed by atoms with Crippen molar-refractivity contribution in [3.8, 4) is 0 Å². The van der Waals surface area contributed by atoms with Crippen molar-refractivity contribution in [3.63, 3.8) is 0 Å². The summed E-state index contributed by atoms with van der Waals surface area (Å²) in [7, 11) is 0. The number of benzene rings is 1. The van der Waals surface area contributed by atoms with E-state index < -0.39 is 0 Å². The standard InChI is InChI=1S/C15H20N2O2/c1-2-12-10-15(18-8-9-19-15)11-13(12)14(3-1)17-6-4-16-5-7-17/h1-3,16H,4-11H2. The molecule has 1 aromatic carbocycles. The minimum absolute atomic E-state index is 0.355. The van der Waals surface area contributed by atoms with Crippen molar-refractivity contribution in [2.75, 3.05) is 44.3 Å². The van der Waals surface area contributed by atoms with Gasteiger partial charge in [-0.2, -0.15) is 0 Å². The fraction of sp³-hybridized carbons (Fsp3) is 0.600. The van der Waals surface area contributed by atoms with Crippen LogP contribution in [0.1, 0.15) is 11.1 Å². The number of ether oxygens (including phenoxy) is 2. The monoisotopic (exact) mass is 260 g/mol. The maximum atomic E-state index is 5.87. The van der Waals surface area contributed by atoms with E-state index in [1.807, 2.05) is 0 Å². The fourth-order valence-electron chi connectivity index (χ4n) is 3.52. The molecule has 4 heteroatoms. The lowest BCUT2D eigenvalue weighted by Crippen LogP contribution is -2.44. The summed E-state index contributed by atoms with van der Waals surface area (Å²) in [6.07, 6.45) is 1.81. The van der Waals surface area contributed by atoms with Gasteiger partial charge in [0, 0.05) is 44.7 Å². The number of anilines is 1. The Kier molecular flexibility index (Phi) is 2.76. The highest BCUT2D eigenvalue weighted by Crippen LogP contribution is 2.40. The molecule has 0 saturated carbocycles. The number of hydrogen-bond donors (Lipinski definition) is 1. The second-order valence-corrected chi connectivity index (χ2v) is 5.61. The van der Waals surface area contributed by atoms with E-state index in [-0.39, 0.29) is 5.79 Å². The molecule has 0 aromatic heterocycles. The Morgan fingerprint density at radius 1 is 1.05 bits per heavy atom. The van der Waals surface area contributed by atoms with Crippen molar-refractivity contribution in [2.45, 2.75) is 18.6 Å². The van der Waals surface area contributed by atoms with Crippen LogP contribution in [0.5, 0.6) is 0 Å². The summed E-state index contributed by atoms with van der Waals surface area (Å²) >= 11 is 0. The molecule has 1 spiro atoms. The molecule has 2 saturated heterocycles. The summed E-state index contributed by atoms with van der Waals surface area (Å²) < 4.78 is 11.7. The van der Waals surface area contributed by atoms with Gasteiger partial charge in [0.25, 0.3) is 0 Å². The van der Waals surface area contributed by atoms with Gasteiger partial charge < -0.3 is 19.7 Å². The molecule has 0 bridgehead atoms. The van der Waals surface area contributed by atoms with Gasteiger partial charge in [0.15, 0.2) is 5.79 Å². The van der Waals surface area contributed by atoms with E-state index in [2.05, 4.69) is 28.4 Å². The summed E-state index contributed by atoms with van der Waals surface area (Å²) in [6.45, 7) is 5.79. The molecule has 2 heterocycles. The molecule has 4 nitrogen and oxygen atoms in total. The zero-order valence-electron chi connectivity index (χ0n) is 11.2. The Hall–Kier alpha value is -1.10. The number of rotatable bonds is 1. The van der Waals surface area contributed by atoms with Crippen LogP contribution in [0.15, 0.2) is 18.2 Å².